The molecular weight excluding hydrogens is 216 g/mol. The molecule has 0 aliphatic rings. The Morgan fingerprint density at radius 2 is 1.71 bits per heavy atom. The molecule has 5 heteroatoms. The molecule has 0 aromatic rings. The number of urea groups is 1. The first kappa shape index (κ1) is 15.7. The number of nitrogens with zero attached hydrogens (tertiary/aromatic N) is 1. The number of nitrogens with one attached hydrogen (secondary N) is 2. The molecule has 0 rings (SSSR count). The Balaban J connectivity index is 3.03. The number of carbonyl (C=O) groups is 1. The molecule has 4 N–H and O–H groups in total. The summed E-state index contributed by atoms with van der Waals surface area (Å²) in [5, 5.41) is 6.04. The topological polar surface area (TPSA) is 79.5 Å². The molecule has 5 nitrogen and oxygen atoms in total. The summed E-state index contributed by atoms with van der Waals surface area (Å²) in [6.07, 6.45) is 11.7. The van der Waals surface area contributed by atoms with Gasteiger partial charge in [0, 0.05) is 6.54 Å². The van der Waals surface area contributed by atoms with Gasteiger partial charge in [-0.05, 0) is 6.42 Å². The molecule has 0 fully saturated rings. The predicted molar refractivity (Wildman–Crippen MR) is 71.8 cm³/mol. The van der Waals surface area contributed by atoms with Crippen LogP contribution in [0.25, 0.3) is 0 Å². The van der Waals surface area contributed by atoms with Crippen LogP contribution in [0.5, 0.6) is 0 Å². The molecule has 0 heterocycles. The highest BCUT2D eigenvalue weighted by Gasteiger charge is 1.90. The Morgan fingerprint density at radius 1 is 1.12 bits per heavy atom. The van der Waals surface area contributed by atoms with E-state index in [0.717, 1.165) is 13.0 Å². The number of amides is 2. The molecule has 100 valence electrons. The molecule has 0 aliphatic carbocycles. The summed E-state index contributed by atoms with van der Waals surface area (Å²) in [5.41, 5.74) is 7.70. The number of hydrogen-bond acceptors (Lipinski definition) is 3. The number of hydrogen-bond donors (Lipinski definition) is 3. The SMILES string of the molecule is CCCCCCCCCCNN=CNC(N)=O. The van der Waals surface area contributed by atoms with Crippen molar-refractivity contribution in [2.45, 2.75) is 58.3 Å². The second kappa shape index (κ2) is 12.8. The van der Waals surface area contributed by atoms with E-state index in [1.807, 2.05) is 0 Å². The zero-order valence-corrected chi connectivity index (χ0v) is 10.9. The lowest BCUT2D eigenvalue weighted by Crippen LogP contribution is -2.28. The van der Waals surface area contributed by atoms with Gasteiger partial charge in [0.2, 0.25) is 0 Å². The maximum absolute atomic E-state index is 10.3. The minimum Gasteiger partial charge on any atom is -0.351 e. The summed E-state index contributed by atoms with van der Waals surface area (Å²) in [5.74, 6) is 0. The molecule has 0 spiro atoms. The minimum atomic E-state index is -0.595. The standard InChI is InChI=1S/C12H26N4O/c1-2-3-4-5-6-7-8-9-10-15-16-11-14-12(13)17/h11,15H,2-10H2,1H3,(H3,13,14,16,17). The van der Waals surface area contributed by atoms with Crippen LogP contribution in [0.2, 0.25) is 0 Å². The average molecular weight is 242 g/mol. The quantitative estimate of drug-likeness (QED) is 0.225. The van der Waals surface area contributed by atoms with Crippen molar-refractivity contribution in [2.24, 2.45) is 10.8 Å². The fourth-order valence-corrected chi connectivity index (χ4v) is 1.54. The van der Waals surface area contributed by atoms with Crippen LogP contribution in [-0.4, -0.2) is 18.9 Å². The minimum absolute atomic E-state index is 0.595. The average Bonchev–Trinajstić information content (AvgIpc) is 2.30. The molecule has 0 aliphatic heterocycles. The van der Waals surface area contributed by atoms with Crippen molar-refractivity contribution in [3.05, 3.63) is 0 Å². The van der Waals surface area contributed by atoms with E-state index in [1.54, 1.807) is 0 Å². The van der Waals surface area contributed by atoms with Crippen molar-refractivity contribution in [1.82, 2.24) is 10.7 Å². The second-order valence-corrected chi connectivity index (χ2v) is 4.15. The molecule has 17 heavy (non-hydrogen) atoms. The Bertz CT molecular complexity index is 207. The van der Waals surface area contributed by atoms with Gasteiger partial charge in [0.1, 0.15) is 6.34 Å². The third-order valence-corrected chi connectivity index (χ3v) is 2.50. The van der Waals surface area contributed by atoms with Crippen LogP contribution in [0.1, 0.15) is 58.3 Å². The summed E-state index contributed by atoms with van der Waals surface area (Å²) >= 11 is 0. The predicted octanol–water partition coefficient (Wildman–Crippen LogP) is 2.33. The fourth-order valence-electron chi connectivity index (χ4n) is 1.54. The Kier molecular flexibility index (Phi) is 11.9. The smallest absolute Gasteiger partial charge is 0.317 e. The Labute approximate surface area is 104 Å². The summed E-state index contributed by atoms with van der Waals surface area (Å²) < 4.78 is 0. The number of primary amides is 1. The monoisotopic (exact) mass is 242 g/mol. The van der Waals surface area contributed by atoms with E-state index < -0.39 is 6.03 Å². The lowest BCUT2D eigenvalue weighted by Gasteiger charge is -2.01. The van der Waals surface area contributed by atoms with Gasteiger partial charge in [0.25, 0.3) is 0 Å². The second-order valence-electron chi connectivity index (χ2n) is 4.15. The fraction of sp³-hybridized carbons (Fsp3) is 0.833. The maximum atomic E-state index is 10.3. The molecule has 0 saturated heterocycles. The van der Waals surface area contributed by atoms with Gasteiger partial charge in [-0.3, -0.25) is 5.32 Å². The van der Waals surface area contributed by atoms with Crippen LogP contribution in [0.15, 0.2) is 5.10 Å². The summed E-state index contributed by atoms with van der Waals surface area (Å²) in [4.78, 5) is 10.3. The lowest BCUT2D eigenvalue weighted by atomic mass is 10.1. The molecule has 0 aromatic carbocycles. The zero-order chi connectivity index (χ0) is 12.8. The van der Waals surface area contributed by atoms with Crippen LogP contribution >= 0.6 is 0 Å². The molecule has 0 unspecified atom stereocenters. The third-order valence-electron chi connectivity index (χ3n) is 2.50. The highest BCUT2D eigenvalue weighted by molar-refractivity contribution is 5.84. The van der Waals surface area contributed by atoms with Crippen molar-refractivity contribution < 1.29 is 4.79 Å². The van der Waals surface area contributed by atoms with Crippen LogP contribution in [0, 0.1) is 0 Å². The van der Waals surface area contributed by atoms with E-state index in [1.165, 1.54) is 51.3 Å². The van der Waals surface area contributed by atoms with Gasteiger partial charge >= 0.3 is 6.03 Å². The van der Waals surface area contributed by atoms with Crippen molar-refractivity contribution in [2.75, 3.05) is 6.54 Å². The number of unbranched alkanes of at least 4 members (excludes halogenated alkanes) is 7. The van der Waals surface area contributed by atoms with Gasteiger partial charge in [0.15, 0.2) is 0 Å². The van der Waals surface area contributed by atoms with E-state index in [2.05, 4.69) is 22.8 Å². The van der Waals surface area contributed by atoms with Crippen molar-refractivity contribution >= 4 is 12.4 Å². The van der Waals surface area contributed by atoms with Crippen molar-refractivity contribution in [1.29, 1.82) is 0 Å². The van der Waals surface area contributed by atoms with E-state index in [4.69, 9.17) is 5.73 Å². The van der Waals surface area contributed by atoms with E-state index in [9.17, 15) is 4.79 Å². The van der Waals surface area contributed by atoms with E-state index in [0.29, 0.717) is 0 Å². The van der Waals surface area contributed by atoms with E-state index in [-0.39, 0.29) is 0 Å². The molecule has 0 aromatic heterocycles. The summed E-state index contributed by atoms with van der Waals surface area (Å²) in [6.45, 7) is 3.07. The van der Waals surface area contributed by atoms with Crippen LogP contribution in [0.4, 0.5) is 4.79 Å². The van der Waals surface area contributed by atoms with Gasteiger partial charge < -0.3 is 11.2 Å². The lowest BCUT2D eigenvalue weighted by molar-refractivity contribution is 0.253. The third kappa shape index (κ3) is 14.7. The van der Waals surface area contributed by atoms with Gasteiger partial charge in [0.05, 0.1) is 0 Å². The van der Waals surface area contributed by atoms with Gasteiger partial charge in [-0.15, -0.1) is 0 Å². The molecular formula is C12H26N4O. The molecule has 0 radical (unpaired) electrons. The first-order chi connectivity index (χ1) is 8.27. The van der Waals surface area contributed by atoms with Crippen molar-refractivity contribution in [3.8, 4) is 0 Å². The summed E-state index contributed by atoms with van der Waals surface area (Å²) in [6, 6.07) is -0.595. The molecule has 2 amide bonds. The Hall–Kier alpha value is -1.26. The number of nitrogens with two attached hydrogens (primary N) is 1. The van der Waals surface area contributed by atoms with Gasteiger partial charge in [-0.2, -0.15) is 5.10 Å². The molecule has 0 saturated carbocycles. The maximum Gasteiger partial charge on any atom is 0.317 e. The highest BCUT2D eigenvalue weighted by atomic mass is 16.2. The van der Waals surface area contributed by atoms with Crippen molar-refractivity contribution in [3.63, 3.8) is 0 Å². The molecule has 0 bridgehead atoms. The van der Waals surface area contributed by atoms with Gasteiger partial charge in [-0.25, -0.2) is 4.79 Å². The molecule has 0 atom stereocenters. The largest absolute Gasteiger partial charge is 0.351 e. The summed E-state index contributed by atoms with van der Waals surface area (Å²) in [7, 11) is 0. The van der Waals surface area contributed by atoms with Crippen LogP contribution in [0.3, 0.4) is 0 Å². The normalized spacial score (nSPS) is 10.6. The van der Waals surface area contributed by atoms with Crippen LogP contribution in [-0.2, 0) is 0 Å². The first-order valence-electron chi connectivity index (χ1n) is 6.57. The first-order valence-corrected chi connectivity index (χ1v) is 6.57. The van der Waals surface area contributed by atoms with Gasteiger partial charge in [-0.1, -0.05) is 51.9 Å². The van der Waals surface area contributed by atoms with E-state index >= 15 is 0 Å². The highest BCUT2D eigenvalue weighted by Crippen LogP contribution is 2.07. The number of carbonyl (C=O) groups excluding carboxylic acids is 1. The number of rotatable bonds is 11. The Morgan fingerprint density at radius 3 is 2.29 bits per heavy atom. The van der Waals surface area contributed by atoms with Crippen LogP contribution < -0.4 is 16.5 Å². The zero-order valence-electron chi connectivity index (χ0n) is 10.9. The number of hydrazone groups is 1.